The van der Waals surface area contributed by atoms with Crippen LogP contribution in [0.15, 0.2) is 6.20 Å². The van der Waals surface area contributed by atoms with Crippen LogP contribution in [0.5, 0.6) is 0 Å². The van der Waals surface area contributed by atoms with E-state index in [1.54, 1.807) is 0 Å². The number of nitrogens with zero attached hydrogens (tertiary/aromatic N) is 7. The Morgan fingerprint density at radius 3 is 2.59 bits per heavy atom. The molecule has 242 valence electrons. The molecule has 6 N–H and O–H groups in total. The first-order chi connectivity index (χ1) is 21.1. The van der Waals surface area contributed by atoms with Gasteiger partial charge in [0, 0.05) is 12.6 Å². The summed E-state index contributed by atoms with van der Waals surface area (Å²) < 4.78 is 37.1. The van der Waals surface area contributed by atoms with Crippen LogP contribution in [-0.2, 0) is 30.1 Å². The highest BCUT2D eigenvalue weighted by atomic mass is 35.5. The van der Waals surface area contributed by atoms with Crippen molar-refractivity contribution in [3.63, 3.8) is 0 Å². The van der Waals surface area contributed by atoms with Gasteiger partial charge in [0.1, 0.15) is 30.7 Å². The smallest absolute Gasteiger partial charge is 0.361 e. The zero-order valence-electron chi connectivity index (χ0n) is 23.6. The maximum Gasteiger partial charge on any atom is 0.361 e. The summed E-state index contributed by atoms with van der Waals surface area (Å²) >= 11 is 6.23. The highest BCUT2D eigenvalue weighted by molar-refractivity contribution is 7.53. The molecule has 1 saturated heterocycles. The summed E-state index contributed by atoms with van der Waals surface area (Å²) in [7, 11) is -5.06. The molecular formula is C24H35ClN9O9P. The highest BCUT2D eigenvalue weighted by Crippen LogP contribution is 2.52. The molecule has 0 bridgehead atoms. The van der Waals surface area contributed by atoms with E-state index in [1.807, 2.05) is 0 Å². The summed E-state index contributed by atoms with van der Waals surface area (Å²) in [4.78, 5) is 29.4. The normalized spacial score (nSPS) is 26.0. The number of fused-ring (bicyclic) bond motifs is 1. The van der Waals surface area contributed by atoms with Crippen molar-refractivity contribution in [1.82, 2.24) is 40.4 Å². The van der Waals surface area contributed by atoms with Gasteiger partial charge in [-0.05, 0) is 43.2 Å². The van der Waals surface area contributed by atoms with Crippen LogP contribution in [0.3, 0.4) is 0 Å². The van der Waals surface area contributed by atoms with Crippen LogP contribution in [0.25, 0.3) is 11.0 Å². The lowest BCUT2D eigenvalue weighted by atomic mass is 10.1. The monoisotopic (exact) mass is 659 g/mol. The molecule has 2 aliphatic carbocycles. The minimum absolute atomic E-state index is 0.0360. The molecule has 3 aromatic heterocycles. The largest absolute Gasteiger partial charge is 0.387 e. The fraction of sp³-hybridized carbons (Fsp3) is 0.750. The Kier molecular flexibility index (Phi) is 9.45. The van der Waals surface area contributed by atoms with Crippen LogP contribution in [0.1, 0.15) is 50.6 Å². The Balaban J connectivity index is 1.18. The lowest BCUT2D eigenvalue weighted by Crippen LogP contribution is -2.46. The standard InChI is InChI=1S/C24H35ClN9O9P/c25-23-28-20(27-14-3-1-2-4-14)15-7-26-34(21(15)29-23)22-19(36)18(35)16(43-22)9-42-24(44(37,38)39,11-40-8-13-5-6-13)12-41-10-17-30-32-33-31-17/h7,13-14,16,18-19,22,35-36H,1-6,8-12H2,(H,27,28,29)(H2,37,38,39)(H,30,31,32,33)/t16-,18-,19-,22-,24-/m1/s1. The van der Waals surface area contributed by atoms with Gasteiger partial charge in [-0.25, -0.2) is 4.68 Å². The van der Waals surface area contributed by atoms with E-state index in [9.17, 15) is 24.6 Å². The first-order valence-electron chi connectivity index (χ1n) is 14.4. The van der Waals surface area contributed by atoms with E-state index in [-0.39, 0.29) is 29.4 Å². The molecule has 2 saturated carbocycles. The van der Waals surface area contributed by atoms with E-state index in [2.05, 4.69) is 41.0 Å². The predicted octanol–water partition coefficient (Wildman–Crippen LogP) is 0.500. The number of nitrogens with one attached hydrogen (secondary N) is 2. The summed E-state index contributed by atoms with van der Waals surface area (Å²) in [5, 5.41) is 41.1. The number of H-pyrrole nitrogens is 1. The van der Waals surface area contributed by atoms with Crippen LogP contribution in [0.4, 0.5) is 5.82 Å². The first-order valence-corrected chi connectivity index (χ1v) is 16.4. The predicted molar refractivity (Wildman–Crippen MR) is 150 cm³/mol. The Morgan fingerprint density at radius 2 is 1.89 bits per heavy atom. The average molecular weight is 660 g/mol. The molecule has 0 radical (unpaired) electrons. The van der Waals surface area contributed by atoms with E-state index in [4.69, 9.17) is 30.5 Å². The Morgan fingerprint density at radius 1 is 1.11 bits per heavy atom. The number of halogens is 1. The number of tetrazole rings is 1. The zero-order valence-corrected chi connectivity index (χ0v) is 25.3. The molecule has 4 heterocycles. The van der Waals surface area contributed by atoms with Crippen LogP contribution in [0, 0.1) is 5.92 Å². The number of aromatic nitrogens is 8. The van der Waals surface area contributed by atoms with Crippen molar-refractivity contribution in [1.29, 1.82) is 0 Å². The van der Waals surface area contributed by atoms with E-state index in [1.165, 1.54) is 10.9 Å². The first kappa shape index (κ1) is 31.6. The summed E-state index contributed by atoms with van der Waals surface area (Å²) in [6.45, 7) is -1.52. The Hall–Kier alpha value is -2.38. The SMILES string of the molecule is O=P(O)(O)[C@@](COCc1nn[nH]n1)(COCC1CC1)OC[C@H]1O[C@@H](n2ncc3c(NC4CCCC4)nc(Cl)nc32)[C@H](O)[C@@H]1O. The van der Waals surface area contributed by atoms with Gasteiger partial charge in [0.25, 0.3) is 0 Å². The third kappa shape index (κ3) is 6.89. The second-order valence-electron chi connectivity index (χ2n) is 11.4. The van der Waals surface area contributed by atoms with Gasteiger partial charge in [0.2, 0.25) is 10.6 Å². The summed E-state index contributed by atoms with van der Waals surface area (Å²) in [5.41, 5.74) is 0.274. The maximum atomic E-state index is 12.8. The van der Waals surface area contributed by atoms with Gasteiger partial charge in [-0.3, -0.25) is 4.57 Å². The van der Waals surface area contributed by atoms with Crippen LogP contribution in [-0.4, -0.2) is 116 Å². The molecule has 20 heteroatoms. The molecule has 44 heavy (non-hydrogen) atoms. The summed E-state index contributed by atoms with van der Waals surface area (Å²) in [5.74, 6) is 0.987. The fourth-order valence-electron chi connectivity index (χ4n) is 5.36. The van der Waals surface area contributed by atoms with E-state index in [0.29, 0.717) is 23.7 Å². The molecule has 3 fully saturated rings. The van der Waals surface area contributed by atoms with Crippen LogP contribution >= 0.6 is 19.2 Å². The second kappa shape index (κ2) is 13.2. The number of ether oxygens (including phenoxy) is 4. The van der Waals surface area contributed by atoms with Crippen molar-refractivity contribution in [2.24, 2.45) is 5.92 Å². The topological polar surface area (TPSA) is 245 Å². The molecule has 0 aromatic carbocycles. The second-order valence-corrected chi connectivity index (χ2v) is 13.7. The molecule has 5 atom stereocenters. The van der Waals surface area contributed by atoms with Gasteiger partial charge in [0.15, 0.2) is 17.7 Å². The minimum Gasteiger partial charge on any atom is -0.387 e. The quantitative estimate of drug-likeness (QED) is 0.0960. The van der Waals surface area contributed by atoms with Crippen molar-refractivity contribution in [3.05, 3.63) is 17.3 Å². The number of anilines is 1. The minimum atomic E-state index is -5.06. The van der Waals surface area contributed by atoms with Crippen molar-refractivity contribution in [2.45, 2.75) is 81.1 Å². The summed E-state index contributed by atoms with van der Waals surface area (Å²) in [6, 6.07) is 0.239. The van der Waals surface area contributed by atoms with Crippen LogP contribution < -0.4 is 5.32 Å². The number of aliphatic hydroxyl groups is 2. The van der Waals surface area contributed by atoms with Crippen molar-refractivity contribution >= 4 is 36.0 Å². The Labute approximate surface area is 255 Å². The molecule has 0 amide bonds. The third-order valence-electron chi connectivity index (χ3n) is 8.07. The number of hydrogen-bond donors (Lipinski definition) is 6. The van der Waals surface area contributed by atoms with E-state index in [0.717, 1.165) is 38.5 Å². The van der Waals surface area contributed by atoms with Crippen molar-refractivity contribution < 1.29 is 43.5 Å². The third-order valence-corrected chi connectivity index (χ3v) is 9.69. The van der Waals surface area contributed by atoms with Gasteiger partial charge in [-0.1, -0.05) is 18.1 Å². The maximum absolute atomic E-state index is 12.8. The van der Waals surface area contributed by atoms with Gasteiger partial charge in [-0.15, -0.1) is 10.2 Å². The lowest BCUT2D eigenvalue weighted by Gasteiger charge is -2.34. The molecule has 6 rings (SSSR count). The van der Waals surface area contributed by atoms with Gasteiger partial charge >= 0.3 is 7.60 Å². The molecule has 3 aliphatic rings. The van der Waals surface area contributed by atoms with Gasteiger partial charge in [-0.2, -0.15) is 20.3 Å². The number of hydrogen-bond acceptors (Lipinski definition) is 14. The molecule has 0 unspecified atom stereocenters. The summed E-state index contributed by atoms with van der Waals surface area (Å²) in [6.07, 6.45) is 2.26. The van der Waals surface area contributed by atoms with Crippen molar-refractivity contribution in [3.8, 4) is 0 Å². The fourth-order valence-corrected chi connectivity index (χ4v) is 6.28. The number of aromatic amines is 1. The molecule has 18 nitrogen and oxygen atoms in total. The number of rotatable bonds is 15. The van der Waals surface area contributed by atoms with E-state index < -0.39 is 57.3 Å². The van der Waals surface area contributed by atoms with Crippen molar-refractivity contribution in [2.75, 3.05) is 31.7 Å². The van der Waals surface area contributed by atoms with E-state index >= 15 is 0 Å². The molecule has 0 spiro atoms. The van der Waals surface area contributed by atoms with Gasteiger partial charge < -0.3 is 44.3 Å². The van der Waals surface area contributed by atoms with Crippen LogP contribution in [0.2, 0.25) is 5.28 Å². The molecular weight excluding hydrogens is 625 g/mol. The number of aliphatic hydroxyl groups excluding tert-OH is 2. The Bertz CT molecular complexity index is 1450. The molecule has 3 aromatic rings. The van der Waals surface area contributed by atoms with Gasteiger partial charge in [0.05, 0.1) is 31.4 Å². The average Bonchev–Trinajstić information content (AvgIpc) is 3.37. The highest BCUT2D eigenvalue weighted by Gasteiger charge is 2.52. The molecule has 1 aliphatic heterocycles. The lowest BCUT2D eigenvalue weighted by molar-refractivity contribution is -0.139. The zero-order chi connectivity index (χ0) is 30.9.